The number of aromatic nitrogens is 3. The van der Waals surface area contributed by atoms with Crippen molar-refractivity contribution in [3.63, 3.8) is 0 Å². The topological polar surface area (TPSA) is 138 Å². The summed E-state index contributed by atoms with van der Waals surface area (Å²) in [6, 6.07) is 15.0. The van der Waals surface area contributed by atoms with Gasteiger partial charge >= 0.3 is 0 Å². The smallest absolute Gasteiger partial charge is 0.234 e. The van der Waals surface area contributed by atoms with Crippen molar-refractivity contribution < 1.29 is 9.59 Å². The average Bonchev–Trinajstić information content (AvgIpc) is 3.37. The number of thioether (sulfide) groups is 1. The molecule has 3 heterocycles. The number of pyridine rings is 1. The van der Waals surface area contributed by atoms with Crippen LogP contribution >= 0.6 is 34.7 Å². The Hall–Kier alpha value is -3.72. The van der Waals surface area contributed by atoms with Gasteiger partial charge in [-0.1, -0.05) is 65.0 Å². The third-order valence-electron chi connectivity index (χ3n) is 5.99. The monoisotopic (exact) mass is 549 g/mol. The van der Waals surface area contributed by atoms with E-state index in [0.717, 1.165) is 11.3 Å². The van der Waals surface area contributed by atoms with Gasteiger partial charge in [-0.15, -0.1) is 10.2 Å². The van der Waals surface area contributed by atoms with Crippen LogP contribution in [0, 0.1) is 11.3 Å². The van der Waals surface area contributed by atoms with Gasteiger partial charge in [0.1, 0.15) is 5.82 Å². The van der Waals surface area contributed by atoms with E-state index in [-0.39, 0.29) is 28.4 Å². The Morgan fingerprint density at radius 2 is 2.05 bits per heavy atom. The summed E-state index contributed by atoms with van der Waals surface area (Å²) in [5.41, 5.74) is 9.47. The van der Waals surface area contributed by atoms with Crippen LogP contribution in [0.15, 0.2) is 75.7 Å². The number of halogens is 1. The predicted octanol–water partition coefficient (Wildman–Crippen LogP) is 4.62. The Morgan fingerprint density at radius 3 is 2.81 bits per heavy atom. The molecule has 0 bridgehead atoms. The van der Waals surface area contributed by atoms with Gasteiger partial charge in [0, 0.05) is 23.9 Å². The van der Waals surface area contributed by atoms with Crippen LogP contribution in [0.2, 0.25) is 5.15 Å². The van der Waals surface area contributed by atoms with Gasteiger partial charge in [-0.2, -0.15) is 5.26 Å². The number of nitrogens with zero attached hydrogens (tertiary/aromatic N) is 5. The summed E-state index contributed by atoms with van der Waals surface area (Å²) in [6.07, 6.45) is 3.27. The zero-order chi connectivity index (χ0) is 25.9. The van der Waals surface area contributed by atoms with Crippen LogP contribution in [0.4, 0.5) is 10.8 Å². The number of nitriles is 1. The molecule has 1 aliphatic heterocycles. The second-order valence-electron chi connectivity index (χ2n) is 8.26. The van der Waals surface area contributed by atoms with E-state index < -0.39 is 5.92 Å². The Morgan fingerprint density at radius 1 is 1.24 bits per heavy atom. The summed E-state index contributed by atoms with van der Waals surface area (Å²) in [7, 11) is 0. The molecule has 0 saturated heterocycles. The van der Waals surface area contributed by atoms with Crippen LogP contribution in [0.3, 0.4) is 0 Å². The molecule has 1 aromatic carbocycles. The lowest BCUT2D eigenvalue weighted by atomic mass is 9.76. The van der Waals surface area contributed by atoms with Gasteiger partial charge in [0.2, 0.25) is 11.0 Å². The number of hydrogen-bond acceptors (Lipinski definition) is 10. The molecular formula is C25H20ClN7O2S2. The highest BCUT2D eigenvalue weighted by atomic mass is 35.5. The maximum Gasteiger partial charge on any atom is 0.234 e. The summed E-state index contributed by atoms with van der Waals surface area (Å²) in [4.78, 5) is 31.2. The first-order valence-electron chi connectivity index (χ1n) is 11.4. The molecule has 0 spiro atoms. The third-order valence-corrected chi connectivity index (χ3v) is 8.34. The van der Waals surface area contributed by atoms with Gasteiger partial charge in [0.25, 0.3) is 0 Å². The maximum atomic E-state index is 13.2. The van der Waals surface area contributed by atoms with Crippen molar-refractivity contribution in [2.45, 2.75) is 29.5 Å². The van der Waals surface area contributed by atoms with Gasteiger partial charge in [-0.05, 0) is 30.5 Å². The fourth-order valence-electron chi connectivity index (χ4n) is 4.43. The van der Waals surface area contributed by atoms with Crippen LogP contribution < -0.4 is 16.0 Å². The molecule has 3 aromatic rings. The predicted molar refractivity (Wildman–Crippen MR) is 143 cm³/mol. The van der Waals surface area contributed by atoms with E-state index in [0.29, 0.717) is 45.6 Å². The summed E-state index contributed by atoms with van der Waals surface area (Å²) < 4.78 is 0.545. The van der Waals surface area contributed by atoms with E-state index in [4.69, 9.17) is 17.3 Å². The highest BCUT2D eigenvalue weighted by Gasteiger charge is 2.41. The summed E-state index contributed by atoms with van der Waals surface area (Å²) in [6.45, 7) is 0. The fraction of sp³-hybridized carbons (Fsp3) is 0.200. The maximum absolute atomic E-state index is 13.2. The lowest BCUT2D eigenvalue weighted by molar-refractivity contribution is -0.116. The van der Waals surface area contributed by atoms with Gasteiger partial charge in [-0.25, -0.2) is 4.98 Å². The van der Waals surface area contributed by atoms with Crippen molar-refractivity contribution in [2.75, 3.05) is 16.0 Å². The number of ketones is 1. The van der Waals surface area contributed by atoms with Crippen LogP contribution in [-0.4, -0.2) is 32.6 Å². The van der Waals surface area contributed by atoms with E-state index in [1.54, 1.807) is 17.0 Å². The molecule has 5 rings (SSSR count). The standard InChI is InChI=1S/C25H20ClN7O2S2/c26-22-16(8-5-11-29-22)30-19(35)13-36-25-32-31-24(37-25)33-17-9-4-10-18(34)21(17)20(15(12-27)23(33)28)14-6-2-1-3-7-14/h1-3,5-8,11,20H,4,9-10,13,28H2,(H,30,35). The lowest BCUT2D eigenvalue weighted by Gasteiger charge is -2.38. The number of benzene rings is 1. The minimum atomic E-state index is -0.519. The van der Waals surface area contributed by atoms with E-state index in [9.17, 15) is 14.9 Å². The summed E-state index contributed by atoms with van der Waals surface area (Å²) in [5, 5.41) is 21.9. The Labute approximate surface area is 226 Å². The number of hydrogen-bond donors (Lipinski definition) is 2. The minimum absolute atomic E-state index is 0.00482. The van der Waals surface area contributed by atoms with E-state index >= 15 is 0 Å². The number of nitrogens with one attached hydrogen (secondary N) is 1. The minimum Gasteiger partial charge on any atom is -0.384 e. The second-order valence-corrected chi connectivity index (χ2v) is 10.8. The molecule has 12 heteroatoms. The highest BCUT2D eigenvalue weighted by molar-refractivity contribution is 8.01. The zero-order valence-electron chi connectivity index (χ0n) is 19.3. The number of carbonyl (C=O) groups is 2. The van der Waals surface area contributed by atoms with Crippen molar-refractivity contribution >= 4 is 57.2 Å². The number of amides is 1. The van der Waals surface area contributed by atoms with E-state index in [2.05, 4.69) is 26.6 Å². The molecule has 1 unspecified atom stereocenters. The first-order valence-corrected chi connectivity index (χ1v) is 13.5. The molecule has 0 radical (unpaired) electrons. The fourth-order valence-corrected chi connectivity index (χ4v) is 6.28. The SMILES string of the molecule is N#CC1=C(N)N(c2nnc(SCC(=O)Nc3cccnc3Cl)s2)C2=C(C(=O)CCC2)C1c1ccccc1. The van der Waals surface area contributed by atoms with Gasteiger partial charge in [0.15, 0.2) is 15.3 Å². The normalized spacial score (nSPS) is 17.5. The first kappa shape index (κ1) is 25.0. The van der Waals surface area contributed by atoms with Gasteiger partial charge in [0.05, 0.1) is 29.0 Å². The van der Waals surface area contributed by atoms with E-state index in [1.807, 2.05) is 30.3 Å². The summed E-state index contributed by atoms with van der Waals surface area (Å²) in [5.74, 6) is -0.465. The number of nitrogens with two attached hydrogens (primary N) is 1. The zero-order valence-corrected chi connectivity index (χ0v) is 21.7. The molecule has 0 fully saturated rings. The molecule has 1 aliphatic carbocycles. The second kappa shape index (κ2) is 10.7. The highest BCUT2D eigenvalue weighted by Crippen LogP contribution is 2.47. The van der Waals surface area contributed by atoms with Gasteiger partial charge < -0.3 is 11.1 Å². The molecule has 186 valence electrons. The molecular weight excluding hydrogens is 530 g/mol. The number of allylic oxidation sites excluding steroid dienone is 3. The van der Waals surface area contributed by atoms with Crippen molar-refractivity contribution in [1.29, 1.82) is 5.26 Å². The average molecular weight is 550 g/mol. The molecule has 2 aromatic heterocycles. The third kappa shape index (κ3) is 4.96. The van der Waals surface area contributed by atoms with Crippen molar-refractivity contribution in [2.24, 2.45) is 5.73 Å². The van der Waals surface area contributed by atoms with Crippen molar-refractivity contribution in [1.82, 2.24) is 15.2 Å². The van der Waals surface area contributed by atoms with Crippen LogP contribution in [0.25, 0.3) is 0 Å². The quantitative estimate of drug-likeness (QED) is 0.333. The van der Waals surface area contributed by atoms with Crippen LogP contribution in [0.5, 0.6) is 0 Å². The number of Topliss-reactive ketones (excluding diaryl/α,β-unsaturated/α-hetero) is 1. The molecule has 1 atom stereocenters. The molecule has 37 heavy (non-hydrogen) atoms. The van der Waals surface area contributed by atoms with Crippen LogP contribution in [0.1, 0.15) is 30.7 Å². The Kier molecular flexibility index (Phi) is 7.23. The molecule has 3 N–H and O–H groups in total. The molecule has 9 nitrogen and oxygen atoms in total. The summed E-state index contributed by atoms with van der Waals surface area (Å²) >= 11 is 8.45. The lowest BCUT2D eigenvalue weighted by Crippen LogP contribution is -2.38. The van der Waals surface area contributed by atoms with Crippen molar-refractivity contribution in [3.8, 4) is 6.07 Å². The van der Waals surface area contributed by atoms with E-state index in [1.165, 1.54) is 29.3 Å². The Balaban J connectivity index is 1.42. The number of carbonyl (C=O) groups excluding carboxylic acids is 2. The molecule has 0 saturated carbocycles. The molecule has 1 amide bonds. The molecule has 2 aliphatic rings. The number of anilines is 2. The first-order chi connectivity index (χ1) is 18.0. The Bertz CT molecular complexity index is 1480. The van der Waals surface area contributed by atoms with Gasteiger partial charge in [-0.3, -0.25) is 14.5 Å². The largest absolute Gasteiger partial charge is 0.384 e. The van der Waals surface area contributed by atoms with Crippen LogP contribution in [-0.2, 0) is 9.59 Å². The number of rotatable bonds is 6. The van der Waals surface area contributed by atoms with Crippen molar-refractivity contribution in [3.05, 3.63) is 82.0 Å².